The quantitative estimate of drug-likeness (QED) is 0.713. The molecule has 0 saturated heterocycles. The van der Waals surface area contributed by atoms with E-state index in [4.69, 9.17) is 0 Å². The predicted octanol–water partition coefficient (Wildman–Crippen LogP) is 1.48. The molecule has 1 aliphatic heterocycles. The summed E-state index contributed by atoms with van der Waals surface area (Å²) in [7, 11) is 4.15. The van der Waals surface area contributed by atoms with Crippen LogP contribution in [0.1, 0.15) is 23.8 Å². The van der Waals surface area contributed by atoms with Crippen molar-refractivity contribution in [3.8, 4) is 0 Å². The van der Waals surface area contributed by atoms with E-state index in [2.05, 4.69) is 56.6 Å². The SMILES string of the molecule is CCCN1CCc2c(sc3c2c(NCCN(C)C)nc2nnnn23)C1. The van der Waals surface area contributed by atoms with Crippen molar-refractivity contribution in [3.05, 3.63) is 10.4 Å². The van der Waals surface area contributed by atoms with Crippen molar-refractivity contribution in [3.63, 3.8) is 0 Å². The van der Waals surface area contributed by atoms with E-state index in [0.29, 0.717) is 5.78 Å². The smallest absolute Gasteiger partial charge is 0.276 e. The number of nitrogens with zero attached hydrogens (tertiary/aromatic N) is 7. The van der Waals surface area contributed by atoms with E-state index in [1.165, 1.54) is 22.2 Å². The summed E-state index contributed by atoms with van der Waals surface area (Å²) >= 11 is 1.81. The molecule has 25 heavy (non-hydrogen) atoms. The summed E-state index contributed by atoms with van der Waals surface area (Å²) < 4.78 is 1.78. The van der Waals surface area contributed by atoms with E-state index >= 15 is 0 Å². The van der Waals surface area contributed by atoms with E-state index in [-0.39, 0.29) is 0 Å². The molecule has 0 bridgehead atoms. The van der Waals surface area contributed by atoms with Crippen molar-refractivity contribution in [2.24, 2.45) is 0 Å². The molecule has 9 heteroatoms. The Morgan fingerprint density at radius 3 is 3.00 bits per heavy atom. The molecule has 3 aromatic heterocycles. The third kappa shape index (κ3) is 3.07. The zero-order valence-corrected chi connectivity index (χ0v) is 15.8. The van der Waals surface area contributed by atoms with Gasteiger partial charge in [0, 0.05) is 31.1 Å². The third-order valence-electron chi connectivity index (χ3n) is 4.60. The van der Waals surface area contributed by atoms with E-state index in [9.17, 15) is 0 Å². The van der Waals surface area contributed by atoms with Crippen LogP contribution in [0.15, 0.2) is 0 Å². The Labute approximate surface area is 150 Å². The van der Waals surface area contributed by atoms with Gasteiger partial charge >= 0.3 is 0 Å². The monoisotopic (exact) mass is 360 g/mol. The van der Waals surface area contributed by atoms with E-state index in [0.717, 1.165) is 49.8 Å². The molecule has 0 aromatic carbocycles. The zero-order chi connectivity index (χ0) is 17.4. The van der Waals surface area contributed by atoms with Crippen LogP contribution in [0, 0.1) is 0 Å². The van der Waals surface area contributed by atoms with Gasteiger partial charge in [-0.3, -0.25) is 4.90 Å². The fraction of sp³-hybridized carbons (Fsp3) is 0.625. The van der Waals surface area contributed by atoms with Gasteiger partial charge in [0.1, 0.15) is 10.6 Å². The average Bonchev–Trinajstić information content (AvgIpc) is 3.18. The molecule has 8 nitrogen and oxygen atoms in total. The lowest BCUT2D eigenvalue weighted by Gasteiger charge is -2.26. The third-order valence-corrected chi connectivity index (χ3v) is 5.79. The minimum absolute atomic E-state index is 0.559. The lowest BCUT2D eigenvalue weighted by molar-refractivity contribution is 0.258. The Morgan fingerprint density at radius 1 is 1.32 bits per heavy atom. The normalized spacial score (nSPS) is 15.4. The summed E-state index contributed by atoms with van der Waals surface area (Å²) in [6.45, 7) is 7.32. The zero-order valence-electron chi connectivity index (χ0n) is 15.0. The van der Waals surface area contributed by atoms with Gasteiger partial charge in [0.05, 0.1) is 5.39 Å². The lowest BCUT2D eigenvalue weighted by atomic mass is 10.0. The van der Waals surface area contributed by atoms with Crippen LogP contribution < -0.4 is 5.32 Å². The number of tetrazole rings is 1. The molecule has 4 heterocycles. The van der Waals surface area contributed by atoms with Gasteiger partial charge in [-0.2, -0.15) is 9.50 Å². The Hall–Kier alpha value is -1.84. The van der Waals surface area contributed by atoms with Crippen LogP contribution in [-0.2, 0) is 13.0 Å². The second kappa shape index (κ2) is 6.81. The molecule has 0 fully saturated rings. The number of likely N-dealkylation sites (N-methyl/N-ethyl adjacent to an activating group) is 1. The first-order valence-corrected chi connectivity index (χ1v) is 9.62. The van der Waals surface area contributed by atoms with Crippen molar-refractivity contribution in [2.45, 2.75) is 26.3 Å². The van der Waals surface area contributed by atoms with Gasteiger partial charge in [-0.1, -0.05) is 12.0 Å². The highest BCUT2D eigenvalue weighted by Gasteiger charge is 2.25. The molecule has 0 spiro atoms. The minimum Gasteiger partial charge on any atom is -0.368 e. The Morgan fingerprint density at radius 2 is 2.20 bits per heavy atom. The second-order valence-corrected chi connectivity index (χ2v) is 7.87. The van der Waals surface area contributed by atoms with Crippen molar-refractivity contribution in [1.82, 2.24) is 34.8 Å². The van der Waals surface area contributed by atoms with Crippen molar-refractivity contribution < 1.29 is 0 Å². The molecule has 0 unspecified atom stereocenters. The highest BCUT2D eigenvalue weighted by atomic mass is 32.1. The average molecular weight is 360 g/mol. The van der Waals surface area contributed by atoms with Gasteiger partial charge in [-0.15, -0.1) is 11.3 Å². The summed E-state index contributed by atoms with van der Waals surface area (Å²) in [4.78, 5) is 11.9. The largest absolute Gasteiger partial charge is 0.368 e. The van der Waals surface area contributed by atoms with Crippen LogP contribution in [0.3, 0.4) is 0 Å². The molecule has 1 N–H and O–H groups in total. The van der Waals surface area contributed by atoms with Crippen LogP contribution in [-0.4, -0.2) is 75.1 Å². The fourth-order valence-electron chi connectivity index (χ4n) is 3.41. The van der Waals surface area contributed by atoms with Crippen molar-refractivity contribution in [1.29, 1.82) is 0 Å². The number of hydrogen-bond acceptors (Lipinski definition) is 8. The number of anilines is 1. The van der Waals surface area contributed by atoms with Crippen molar-refractivity contribution in [2.75, 3.05) is 45.6 Å². The Bertz CT molecular complexity index is 883. The van der Waals surface area contributed by atoms with Crippen molar-refractivity contribution >= 4 is 33.1 Å². The Balaban J connectivity index is 1.78. The van der Waals surface area contributed by atoms with Crippen LogP contribution in [0.2, 0.25) is 0 Å². The summed E-state index contributed by atoms with van der Waals surface area (Å²) in [6, 6.07) is 0. The number of fused-ring (bicyclic) bond motifs is 5. The topological polar surface area (TPSA) is 74.5 Å². The maximum Gasteiger partial charge on any atom is 0.276 e. The first-order chi connectivity index (χ1) is 12.2. The molecule has 0 saturated carbocycles. The molecule has 134 valence electrons. The Kier molecular flexibility index (Phi) is 4.53. The lowest BCUT2D eigenvalue weighted by Crippen LogP contribution is -2.30. The standard InChI is InChI=1S/C16H24N8S/c1-4-7-23-8-5-11-12(10-23)25-15-13(11)14(17-6-9-22(2)3)18-16-19-20-21-24(15)16/h4-10H2,1-3H3,(H,17,18,19,21). The number of hydrogen-bond donors (Lipinski definition) is 1. The maximum atomic E-state index is 4.69. The number of thiophene rings is 1. The van der Waals surface area contributed by atoms with Gasteiger partial charge in [-0.25, -0.2) is 0 Å². The molecular formula is C16H24N8S. The molecule has 0 atom stereocenters. The second-order valence-electron chi connectivity index (χ2n) is 6.79. The molecule has 1 aliphatic rings. The summed E-state index contributed by atoms with van der Waals surface area (Å²) in [5.74, 6) is 1.48. The van der Waals surface area contributed by atoms with Gasteiger partial charge in [0.2, 0.25) is 0 Å². The van der Waals surface area contributed by atoms with Crippen LogP contribution in [0.25, 0.3) is 16.0 Å². The molecule has 0 radical (unpaired) electrons. The number of aromatic nitrogens is 5. The molecule has 4 rings (SSSR count). The van der Waals surface area contributed by atoms with Gasteiger partial charge in [-0.05, 0) is 49.5 Å². The van der Waals surface area contributed by atoms with E-state index < -0.39 is 0 Å². The van der Waals surface area contributed by atoms with Gasteiger partial charge in [0.15, 0.2) is 0 Å². The van der Waals surface area contributed by atoms with Crippen LogP contribution >= 0.6 is 11.3 Å². The predicted molar refractivity (Wildman–Crippen MR) is 100 cm³/mol. The molecule has 0 aliphatic carbocycles. The highest BCUT2D eigenvalue weighted by molar-refractivity contribution is 7.19. The maximum absolute atomic E-state index is 4.69. The molecule has 3 aromatic rings. The summed E-state index contributed by atoms with van der Waals surface area (Å²) in [5, 5.41) is 16.7. The van der Waals surface area contributed by atoms with E-state index in [1.54, 1.807) is 15.9 Å². The summed E-state index contributed by atoms with van der Waals surface area (Å²) in [5.41, 5.74) is 1.42. The number of rotatable bonds is 6. The first kappa shape index (κ1) is 16.6. The minimum atomic E-state index is 0.559. The first-order valence-electron chi connectivity index (χ1n) is 8.80. The molecular weight excluding hydrogens is 336 g/mol. The van der Waals surface area contributed by atoms with Crippen LogP contribution in [0.5, 0.6) is 0 Å². The summed E-state index contributed by atoms with van der Waals surface area (Å²) in [6.07, 6.45) is 2.25. The fourth-order valence-corrected chi connectivity index (χ4v) is 4.74. The van der Waals surface area contributed by atoms with Crippen LogP contribution in [0.4, 0.5) is 5.82 Å². The molecule has 0 amide bonds. The van der Waals surface area contributed by atoms with E-state index in [1.807, 2.05) is 0 Å². The van der Waals surface area contributed by atoms with Gasteiger partial charge in [0.25, 0.3) is 5.78 Å². The van der Waals surface area contributed by atoms with Gasteiger partial charge < -0.3 is 10.2 Å². The number of nitrogens with one attached hydrogen (secondary N) is 1. The highest BCUT2D eigenvalue weighted by Crippen LogP contribution is 2.38.